The fourth-order valence-corrected chi connectivity index (χ4v) is 1.99. The molecule has 1 fully saturated rings. The summed E-state index contributed by atoms with van der Waals surface area (Å²) in [6.45, 7) is 5.75. The number of amides is 1. The van der Waals surface area contributed by atoms with Crippen LogP contribution in [0.25, 0.3) is 0 Å². The SMILES string of the molecule is CCC1(C)CN(CC2=C[CH][C]C=C2)C1=O. The summed E-state index contributed by atoms with van der Waals surface area (Å²) in [5.41, 5.74) is 1.08. The van der Waals surface area contributed by atoms with Gasteiger partial charge >= 0.3 is 0 Å². The average molecular weight is 202 g/mol. The monoisotopic (exact) mass is 202 g/mol. The predicted octanol–water partition coefficient (Wildman–Crippen LogP) is 2.03. The lowest BCUT2D eigenvalue weighted by atomic mass is 9.78. The maximum atomic E-state index is 11.8. The van der Waals surface area contributed by atoms with Gasteiger partial charge in [-0.05, 0) is 25.3 Å². The van der Waals surface area contributed by atoms with E-state index >= 15 is 0 Å². The van der Waals surface area contributed by atoms with Crippen LogP contribution in [0.4, 0.5) is 0 Å². The number of carbonyl (C=O) groups excluding carboxylic acids is 1. The second-order valence-corrected chi connectivity index (χ2v) is 4.48. The Morgan fingerprint density at radius 3 is 2.93 bits per heavy atom. The summed E-state index contributed by atoms with van der Waals surface area (Å²) in [6, 6.07) is 0. The summed E-state index contributed by atoms with van der Waals surface area (Å²) in [4.78, 5) is 13.8. The van der Waals surface area contributed by atoms with Crippen molar-refractivity contribution in [1.29, 1.82) is 0 Å². The Morgan fingerprint density at radius 2 is 2.40 bits per heavy atom. The Hall–Kier alpha value is -1.05. The zero-order valence-corrected chi connectivity index (χ0v) is 9.29. The van der Waals surface area contributed by atoms with E-state index in [1.165, 1.54) is 5.57 Å². The van der Waals surface area contributed by atoms with Crippen LogP contribution in [0, 0.1) is 18.3 Å². The number of allylic oxidation sites excluding steroid dienone is 2. The van der Waals surface area contributed by atoms with Gasteiger partial charge in [0.2, 0.25) is 5.91 Å². The Labute approximate surface area is 91.6 Å². The highest BCUT2D eigenvalue weighted by Gasteiger charge is 2.46. The molecule has 0 aromatic rings. The first-order valence-electron chi connectivity index (χ1n) is 5.40. The quantitative estimate of drug-likeness (QED) is 0.641. The van der Waals surface area contributed by atoms with Crippen molar-refractivity contribution >= 4 is 5.91 Å². The maximum absolute atomic E-state index is 11.8. The first-order chi connectivity index (χ1) is 7.15. The summed E-state index contributed by atoms with van der Waals surface area (Å²) in [5.74, 6) is 0.290. The van der Waals surface area contributed by atoms with Crippen molar-refractivity contribution in [2.75, 3.05) is 13.1 Å². The number of likely N-dealkylation sites (tertiary alicyclic amines) is 1. The summed E-state index contributed by atoms with van der Waals surface area (Å²) in [5, 5.41) is 0. The molecule has 2 nitrogen and oxygen atoms in total. The number of β-lactam (4-membered cyclic amide) rings is 1. The molecule has 0 bridgehead atoms. The van der Waals surface area contributed by atoms with Crippen molar-refractivity contribution in [2.45, 2.75) is 20.3 Å². The van der Waals surface area contributed by atoms with Crippen LogP contribution in [0.1, 0.15) is 20.3 Å². The minimum atomic E-state index is -0.0963. The van der Waals surface area contributed by atoms with Crippen molar-refractivity contribution < 1.29 is 4.79 Å². The Bertz CT molecular complexity index is 329. The van der Waals surface area contributed by atoms with Gasteiger partial charge in [-0.15, -0.1) is 0 Å². The van der Waals surface area contributed by atoms with Crippen molar-refractivity contribution in [2.24, 2.45) is 5.41 Å². The molecule has 1 amide bonds. The van der Waals surface area contributed by atoms with Crippen LogP contribution in [0.2, 0.25) is 0 Å². The standard InChI is InChI=1S/C13H16NO/c1-3-13(2)10-14(12(13)15)9-11-7-5-4-6-8-11/h5-8H,3,9-10H2,1-2H3. The molecule has 0 aromatic carbocycles. The van der Waals surface area contributed by atoms with Crippen LogP contribution >= 0.6 is 0 Å². The fraction of sp³-hybridized carbons (Fsp3) is 0.462. The van der Waals surface area contributed by atoms with Crippen LogP contribution in [0.15, 0.2) is 23.8 Å². The average Bonchev–Trinajstić information content (AvgIpc) is 2.29. The third-order valence-corrected chi connectivity index (χ3v) is 3.28. The molecule has 15 heavy (non-hydrogen) atoms. The van der Waals surface area contributed by atoms with Crippen molar-refractivity contribution in [3.05, 3.63) is 36.6 Å². The minimum absolute atomic E-state index is 0.0963. The molecule has 1 aliphatic heterocycles. The van der Waals surface area contributed by atoms with Gasteiger partial charge in [-0.2, -0.15) is 0 Å². The smallest absolute Gasteiger partial charge is 0.230 e. The van der Waals surface area contributed by atoms with E-state index in [9.17, 15) is 4.79 Å². The van der Waals surface area contributed by atoms with E-state index in [2.05, 4.69) is 13.3 Å². The Kier molecular flexibility index (Phi) is 2.68. The number of hydrogen-bond donors (Lipinski definition) is 0. The van der Waals surface area contributed by atoms with E-state index in [0.717, 1.165) is 19.5 Å². The summed E-state index contributed by atoms with van der Waals surface area (Å²) in [6.07, 6.45) is 11.7. The molecule has 1 atom stereocenters. The lowest BCUT2D eigenvalue weighted by Gasteiger charge is -2.46. The van der Waals surface area contributed by atoms with Gasteiger partial charge in [0.15, 0.2) is 0 Å². The van der Waals surface area contributed by atoms with Gasteiger partial charge in [0.05, 0.1) is 5.41 Å². The van der Waals surface area contributed by atoms with E-state index < -0.39 is 0 Å². The first-order valence-corrected chi connectivity index (χ1v) is 5.40. The van der Waals surface area contributed by atoms with E-state index in [-0.39, 0.29) is 11.3 Å². The van der Waals surface area contributed by atoms with Crippen molar-refractivity contribution in [1.82, 2.24) is 4.90 Å². The predicted molar refractivity (Wildman–Crippen MR) is 59.7 cm³/mol. The molecule has 0 aromatic heterocycles. The molecule has 3 radical (unpaired) electrons. The normalized spacial score (nSPS) is 30.1. The number of nitrogens with zero attached hydrogens (tertiary/aromatic N) is 1. The highest BCUT2D eigenvalue weighted by molar-refractivity contribution is 5.88. The molecule has 1 heterocycles. The summed E-state index contributed by atoms with van der Waals surface area (Å²) in [7, 11) is 0. The number of rotatable bonds is 3. The summed E-state index contributed by atoms with van der Waals surface area (Å²) >= 11 is 0. The van der Waals surface area contributed by atoms with Gasteiger partial charge in [0, 0.05) is 19.5 Å². The number of hydrogen-bond acceptors (Lipinski definition) is 1. The molecule has 79 valence electrons. The van der Waals surface area contributed by atoms with Crippen LogP contribution in [0.3, 0.4) is 0 Å². The van der Waals surface area contributed by atoms with Gasteiger partial charge in [0.25, 0.3) is 0 Å². The van der Waals surface area contributed by atoms with Crippen LogP contribution in [0.5, 0.6) is 0 Å². The lowest BCUT2D eigenvalue weighted by molar-refractivity contribution is -0.157. The third kappa shape index (κ3) is 1.85. The molecule has 2 heteroatoms. The van der Waals surface area contributed by atoms with Crippen molar-refractivity contribution in [3.63, 3.8) is 0 Å². The summed E-state index contributed by atoms with van der Waals surface area (Å²) < 4.78 is 0. The molecule has 2 rings (SSSR count). The van der Waals surface area contributed by atoms with Gasteiger partial charge in [-0.25, -0.2) is 0 Å². The van der Waals surface area contributed by atoms with Crippen LogP contribution in [-0.2, 0) is 4.79 Å². The highest BCUT2D eigenvalue weighted by Crippen LogP contribution is 2.35. The number of carbonyl (C=O) groups is 1. The topological polar surface area (TPSA) is 20.3 Å². The zero-order valence-electron chi connectivity index (χ0n) is 9.29. The van der Waals surface area contributed by atoms with Gasteiger partial charge < -0.3 is 4.90 Å². The molecule has 1 saturated heterocycles. The lowest BCUT2D eigenvalue weighted by Crippen LogP contribution is -2.59. The molecule has 0 spiro atoms. The van der Waals surface area contributed by atoms with E-state index in [4.69, 9.17) is 0 Å². The molecular weight excluding hydrogens is 186 g/mol. The Morgan fingerprint density at radius 1 is 1.60 bits per heavy atom. The second-order valence-electron chi connectivity index (χ2n) is 4.48. The molecule has 2 aliphatic rings. The van der Waals surface area contributed by atoms with Gasteiger partial charge in [0.1, 0.15) is 0 Å². The van der Waals surface area contributed by atoms with Crippen LogP contribution < -0.4 is 0 Å². The maximum Gasteiger partial charge on any atom is 0.230 e. The van der Waals surface area contributed by atoms with E-state index in [1.807, 2.05) is 36.5 Å². The molecular formula is C13H16NO. The second kappa shape index (κ2) is 3.84. The fourth-order valence-electron chi connectivity index (χ4n) is 1.99. The largest absolute Gasteiger partial charge is 0.337 e. The highest BCUT2D eigenvalue weighted by atomic mass is 16.2. The van der Waals surface area contributed by atoms with Crippen molar-refractivity contribution in [3.8, 4) is 0 Å². The van der Waals surface area contributed by atoms with Gasteiger partial charge in [-0.1, -0.05) is 25.2 Å². The van der Waals surface area contributed by atoms with E-state index in [0.29, 0.717) is 0 Å². The van der Waals surface area contributed by atoms with Crippen LogP contribution in [-0.4, -0.2) is 23.9 Å². The molecule has 1 aliphatic carbocycles. The molecule has 1 unspecified atom stereocenters. The third-order valence-electron chi connectivity index (χ3n) is 3.28. The first kappa shape index (κ1) is 10.5. The van der Waals surface area contributed by atoms with Gasteiger partial charge in [-0.3, -0.25) is 4.79 Å². The molecule has 0 saturated carbocycles. The minimum Gasteiger partial charge on any atom is -0.337 e. The Balaban J connectivity index is 1.91. The molecule has 0 N–H and O–H groups in total. The van der Waals surface area contributed by atoms with E-state index in [1.54, 1.807) is 0 Å². The zero-order chi connectivity index (χ0) is 10.9.